The van der Waals surface area contributed by atoms with Crippen molar-refractivity contribution in [3.05, 3.63) is 40.7 Å². The van der Waals surface area contributed by atoms with Crippen molar-refractivity contribution >= 4 is 27.3 Å². The number of nitrogens with two attached hydrogens (primary N) is 1. The summed E-state index contributed by atoms with van der Waals surface area (Å²) in [5.41, 5.74) is 7.19. The van der Waals surface area contributed by atoms with Gasteiger partial charge in [-0.25, -0.2) is 13.1 Å². The Morgan fingerprint density at radius 3 is 2.79 bits per heavy atom. The summed E-state index contributed by atoms with van der Waals surface area (Å²) in [6.07, 6.45) is 1.55. The van der Waals surface area contributed by atoms with Crippen molar-refractivity contribution < 1.29 is 8.42 Å². The largest absolute Gasteiger partial charge is 0.397 e. The van der Waals surface area contributed by atoms with Gasteiger partial charge in [-0.3, -0.25) is 5.10 Å². The Morgan fingerprint density at radius 2 is 2.21 bits per heavy atom. The molecule has 0 atom stereocenters. The van der Waals surface area contributed by atoms with Gasteiger partial charge in [0.05, 0.1) is 27.8 Å². The second-order valence-corrected chi connectivity index (χ2v) is 6.19. The van der Waals surface area contributed by atoms with Crippen molar-refractivity contribution in [2.24, 2.45) is 0 Å². The second kappa shape index (κ2) is 5.20. The highest BCUT2D eigenvalue weighted by Crippen LogP contribution is 2.26. The van der Waals surface area contributed by atoms with Crippen LogP contribution in [0.25, 0.3) is 0 Å². The van der Waals surface area contributed by atoms with Crippen molar-refractivity contribution in [3.8, 4) is 0 Å². The summed E-state index contributed by atoms with van der Waals surface area (Å²) < 4.78 is 26.7. The molecule has 0 bridgehead atoms. The number of benzene rings is 1. The van der Waals surface area contributed by atoms with Crippen LogP contribution in [0.5, 0.6) is 0 Å². The van der Waals surface area contributed by atoms with Gasteiger partial charge in [-0.1, -0.05) is 11.6 Å². The smallest absolute Gasteiger partial charge is 0.241 e. The van der Waals surface area contributed by atoms with Crippen LogP contribution in [0.3, 0.4) is 0 Å². The molecule has 2 aromatic rings. The molecule has 19 heavy (non-hydrogen) atoms. The molecular weight excluding hydrogens is 288 g/mol. The van der Waals surface area contributed by atoms with E-state index < -0.39 is 10.0 Å². The van der Waals surface area contributed by atoms with Crippen LogP contribution in [0.4, 0.5) is 5.69 Å². The average molecular weight is 301 g/mol. The number of aromatic amines is 1. The molecule has 102 valence electrons. The SMILES string of the molecule is Cc1cc(S(=O)(=O)NCc2ccn[nH]2)cc(N)c1Cl. The van der Waals surface area contributed by atoms with E-state index in [4.69, 9.17) is 17.3 Å². The molecular formula is C11H13ClN4O2S. The summed E-state index contributed by atoms with van der Waals surface area (Å²) in [5.74, 6) is 0. The molecule has 0 spiro atoms. The Balaban J connectivity index is 2.24. The third-order valence-corrected chi connectivity index (χ3v) is 4.47. The zero-order valence-electron chi connectivity index (χ0n) is 10.1. The Bertz CT molecular complexity index is 660. The molecule has 0 saturated carbocycles. The predicted molar refractivity (Wildman–Crippen MR) is 73.2 cm³/mol. The van der Waals surface area contributed by atoms with Gasteiger partial charge < -0.3 is 5.73 Å². The van der Waals surface area contributed by atoms with E-state index in [1.807, 2.05) is 0 Å². The molecule has 0 radical (unpaired) electrons. The summed E-state index contributed by atoms with van der Waals surface area (Å²) in [6, 6.07) is 4.50. The van der Waals surface area contributed by atoms with Crippen molar-refractivity contribution in [2.45, 2.75) is 18.4 Å². The summed E-state index contributed by atoms with van der Waals surface area (Å²) in [4.78, 5) is 0.0893. The highest BCUT2D eigenvalue weighted by atomic mass is 35.5. The quantitative estimate of drug-likeness (QED) is 0.744. The van der Waals surface area contributed by atoms with Gasteiger partial charge in [0.2, 0.25) is 10.0 Å². The average Bonchev–Trinajstić information content (AvgIpc) is 2.86. The van der Waals surface area contributed by atoms with Crippen LogP contribution in [-0.2, 0) is 16.6 Å². The van der Waals surface area contributed by atoms with E-state index in [1.54, 1.807) is 19.2 Å². The van der Waals surface area contributed by atoms with Gasteiger partial charge in [0, 0.05) is 6.20 Å². The number of nitrogens with zero attached hydrogens (tertiary/aromatic N) is 1. The maximum Gasteiger partial charge on any atom is 0.241 e. The van der Waals surface area contributed by atoms with E-state index in [0.717, 1.165) is 0 Å². The van der Waals surface area contributed by atoms with Gasteiger partial charge in [0.1, 0.15) is 0 Å². The maximum atomic E-state index is 12.1. The number of H-pyrrole nitrogens is 1. The van der Waals surface area contributed by atoms with E-state index in [1.165, 1.54) is 12.1 Å². The first-order valence-electron chi connectivity index (χ1n) is 5.43. The van der Waals surface area contributed by atoms with Crippen LogP contribution >= 0.6 is 11.6 Å². The van der Waals surface area contributed by atoms with Gasteiger partial charge in [-0.2, -0.15) is 5.10 Å². The fourth-order valence-corrected chi connectivity index (χ4v) is 2.79. The number of sulfonamides is 1. The third kappa shape index (κ3) is 3.06. The summed E-state index contributed by atoms with van der Waals surface area (Å²) in [6.45, 7) is 1.83. The van der Waals surface area contributed by atoms with Gasteiger partial charge in [0.15, 0.2) is 0 Å². The Kier molecular flexibility index (Phi) is 3.79. The van der Waals surface area contributed by atoms with Crippen LogP contribution in [0.15, 0.2) is 29.3 Å². The molecule has 1 aromatic carbocycles. The molecule has 1 heterocycles. The van der Waals surface area contributed by atoms with E-state index in [9.17, 15) is 8.42 Å². The summed E-state index contributed by atoms with van der Waals surface area (Å²) >= 11 is 5.90. The number of nitrogens with one attached hydrogen (secondary N) is 2. The normalized spacial score (nSPS) is 11.7. The van der Waals surface area contributed by atoms with Crippen LogP contribution in [0, 0.1) is 6.92 Å². The van der Waals surface area contributed by atoms with Crippen LogP contribution < -0.4 is 10.5 Å². The molecule has 4 N–H and O–H groups in total. The van der Waals surface area contributed by atoms with Crippen LogP contribution in [0.1, 0.15) is 11.3 Å². The second-order valence-electron chi connectivity index (χ2n) is 4.05. The monoisotopic (exact) mass is 300 g/mol. The lowest BCUT2D eigenvalue weighted by Gasteiger charge is -2.09. The van der Waals surface area contributed by atoms with Gasteiger partial charge in [-0.15, -0.1) is 0 Å². The molecule has 0 aliphatic carbocycles. The molecule has 0 amide bonds. The van der Waals surface area contributed by atoms with E-state index in [0.29, 0.717) is 16.3 Å². The minimum atomic E-state index is -3.63. The number of aryl methyl sites for hydroxylation is 1. The topological polar surface area (TPSA) is 101 Å². The number of hydrogen-bond acceptors (Lipinski definition) is 4. The Labute approximate surface area is 116 Å². The number of hydrogen-bond donors (Lipinski definition) is 3. The first kappa shape index (κ1) is 13.9. The first-order chi connectivity index (χ1) is 8.90. The van der Waals surface area contributed by atoms with Crippen LogP contribution in [-0.4, -0.2) is 18.6 Å². The Morgan fingerprint density at radius 1 is 1.47 bits per heavy atom. The minimum absolute atomic E-state index is 0.0893. The molecule has 0 saturated heterocycles. The highest BCUT2D eigenvalue weighted by molar-refractivity contribution is 7.89. The number of rotatable bonds is 4. The van der Waals surface area contributed by atoms with E-state index in [-0.39, 0.29) is 17.1 Å². The van der Waals surface area contributed by atoms with Gasteiger partial charge in [0.25, 0.3) is 0 Å². The lowest BCUT2D eigenvalue weighted by atomic mass is 10.2. The van der Waals surface area contributed by atoms with Gasteiger partial charge in [-0.05, 0) is 30.7 Å². The molecule has 0 unspecified atom stereocenters. The number of aromatic nitrogens is 2. The van der Waals surface area contributed by atoms with Crippen molar-refractivity contribution in [1.82, 2.24) is 14.9 Å². The number of anilines is 1. The summed E-state index contributed by atoms with van der Waals surface area (Å²) in [5, 5.41) is 6.78. The van der Waals surface area contributed by atoms with Crippen molar-refractivity contribution in [1.29, 1.82) is 0 Å². The lowest BCUT2D eigenvalue weighted by Crippen LogP contribution is -2.23. The molecule has 1 aromatic heterocycles. The van der Waals surface area contributed by atoms with Crippen molar-refractivity contribution in [3.63, 3.8) is 0 Å². The zero-order valence-corrected chi connectivity index (χ0v) is 11.7. The van der Waals surface area contributed by atoms with E-state index in [2.05, 4.69) is 14.9 Å². The maximum absolute atomic E-state index is 12.1. The van der Waals surface area contributed by atoms with Crippen LogP contribution in [0.2, 0.25) is 5.02 Å². The number of halogens is 1. The first-order valence-corrected chi connectivity index (χ1v) is 7.30. The molecule has 0 aliphatic rings. The molecule has 2 rings (SSSR count). The predicted octanol–water partition coefficient (Wildman–Crippen LogP) is 1.43. The number of nitrogen functional groups attached to an aromatic ring is 1. The molecule has 0 aliphatic heterocycles. The van der Waals surface area contributed by atoms with Gasteiger partial charge >= 0.3 is 0 Å². The fraction of sp³-hybridized carbons (Fsp3) is 0.182. The highest BCUT2D eigenvalue weighted by Gasteiger charge is 2.16. The fourth-order valence-electron chi connectivity index (χ4n) is 1.56. The molecule has 6 nitrogen and oxygen atoms in total. The summed E-state index contributed by atoms with van der Waals surface area (Å²) in [7, 11) is -3.63. The molecule has 8 heteroatoms. The standard InChI is InChI=1S/C11H13ClN4O2S/c1-7-4-9(5-10(13)11(7)12)19(17,18)15-6-8-2-3-14-16-8/h2-5,15H,6,13H2,1H3,(H,14,16). The van der Waals surface area contributed by atoms with E-state index >= 15 is 0 Å². The zero-order chi connectivity index (χ0) is 14.0. The molecule has 0 fully saturated rings. The lowest BCUT2D eigenvalue weighted by molar-refractivity contribution is 0.580. The Hall–Kier alpha value is -1.57. The minimum Gasteiger partial charge on any atom is -0.397 e. The van der Waals surface area contributed by atoms with Crippen molar-refractivity contribution in [2.75, 3.05) is 5.73 Å². The third-order valence-electron chi connectivity index (χ3n) is 2.58.